The third-order valence-corrected chi connectivity index (χ3v) is 5.24. The van der Waals surface area contributed by atoms with E-state index in [9.17, 15) is 4.79 Å². The minimum Gasteiger partial charge on any atom is -0.489 e. The zero-order valence-corrected chi connectivity index (χ0v) is 19.3. The van der Waals surface area contributed by atoms with Crippen LogP contribution in [-0.2, 0) is 16.1 Å². The monoisotopic (exact) mass is 453 g/mol. The molecule has 0 aliphatic carbocycles. The Hall–Kier alpha value is -4.12. The Morgan fingerprint density at radius 3 is 2.50 bits per heavy atom. The van der Waals surface area contributed by atoms with E-state index < -0.39 is 6.10 Å². The van der Waals surface area contributed by atoms with Gasteiger partial charge in [-0.05, 0) is 55.8 Å². The number of aromatic nitrogens is 1. The van der Waals surface area contributed by atoms with Crippen molar-refractivity contribution in [1.29, 1.82) is 0 Å². The summed E-state index contributed by atoms with van der Waals surface area (Å²) in [6.45, 7) is 4.09. The predicted molar refractivity (Wildman–Crippen MR) is 135 cm³/mol. The number of rotatable bonds is 9. The van der Waals surface area contributed by atoms with Gasteiger partial charge in [-0.2, -0.15) is 0 Å². The smallest absolute Gasteiger partial charge is 0.347 e. The van der Waals surface area contributed by atoms with Crippen molar-refractivity contribution in [2.24, 2.45) is 0 Å². The Morgan fingerprint density at radius 1 is 0.912 bits per heavy atom. The highest BCUT2D eigenvalue weighted by atomic mass is 16.6. The third-order valence-electron chi connectivity index (χ3n) is 5.24. The van der Waals surface area contributed by atoms with Crippen LogP contribution in [0, 0.1) is 0 Å². The van der Waals surface area contributed by atoms with Gasteiger partial charge >= 0.3 is 5.97 Å². The lowest BCUT2D eigenvalue weighted by Gasteiger charge is -2.16. The van der Waals surface area contributed by atoms with Crippen molar-refractivity contribution in [3.8, 4) is 11.5 Å². The van der Waals surface area contributed by atoms with E-state index in [1.165, 1.54) is 0 Å². The Bertz CT molecular complexity index is 1280. The van der Waals surface area contributed by atoms with Crippen LogP contribution in [0.1, 0.15) is 30.7 Å². The number of carbonyl (C=O) groups is 1. The fraction of sp³-hybridized carbons (Fsp3) is 0.172. The number of carbonyl (C=O) groups excluding carboxylic acids is 1. The van der Waals surface area contributed by atoms with Crippen molar-refractivity contribution in [3.05, 3.63) is 102 Å². The summed E-state index contributed by atoms with van der Waals surface area (Å²) in [4.78, 5) is 16.6. The molecule has 1 aromatic heterocycles. The summed E-state index contributed by atoms with van der Waals surface area (Å²) in [6.07, 6.45) is 3.34. The standard InChI is InChI=1S/C29H27NO4/c1-3-32-29(31)21(2)34-28-11-7-5-9-24(28)20-33-26-18-13-22(14-19-26)12-16-25-17-15-23-8-4-6-10-27(23)30-25/h4-19,21H,3,20H2,1-2H3. The number of nitrogens with zero attached hydrogens (tertiary/aromatic N) is 1. The summed E-state index contributed by atoms with van der Waals surface area (Å²) in [7, 11) is 0. The van der Waals surface area contributed by atoms with Crippen LogP contribution in [-0.4, -0.2) is 23.7 Å². The zero-order valence-electron chi connectivity index (χ0n) is 19.3. The van der Waals surface area contributed by atoms with Crippen molar-refractivity contribution in [3.63, 3.8) is 0 Å². The molecule has 1 atom stereocenters. The van der Waals surface area contributed by atoms with Gasteiger partial charge in [-0.1, -0.05) is 60.7 Å². The average molecular weight is 454 g/mol. The maximum Gasteiger partial charge on any atom is 0.347 e. The number of para-hydroxylation sites is 2. The number of esters is 1. The average Bonchev–Trinajstić information content (AvgIpc) is 2.87. The number of ether oxygens (including phenoxy) is 3. The second-order valence-electron chi connectivity index (χ2n) is 7.74. The molecule has 0 bridgehead atoms. The lowest BCUT2D eigenvalue weighted by Crippen LogP contribution is -2.26. The molecule has 4 rings (SSSR count). The van der Waals surface area contributed by atoms with Crippen LogP contribution in [0.3, 0.4) is 0 Å². The fourth-order valence-electron chi connectivity index (χ4n) is 3.43. The molecule has 0 aliphatic heterocycles. The number of benzene rings is 3. The molecule has 0 spiro atoms. The largest absolute Gasteiger partial charge is 0.489 e. The summed E-state index contributed by atoms with van der Waals surface area (Å²) in [5, 5.41) is 1.13. The molecule has 0 radical (unpaired) electrons. The summed E-state index contributed by atoms with van der Waals surface area (Å²) in [6, 6.07) is 27.5. The molecule has 0 saturated carbocycles. The second kappa shape index (κ2) is 11.1. The molecule has 0 aliphatic rings. The van der Waals surface area contributed by atoms with Crippen molar-refractivity contribution in [2.45, 2.75) is 26.6 Å². The van der Waals surface area contributed by atoms with Crippen molar-refractivity contribution in [1.82, 2.24) is 4.98 Å². The van der Waals surface area contributed by atoms with Crippen molar-refractivity contribution >= 4 is 29.0 Å². The van der Waals surface area contributed by atoms with Gasteiger partial charge in [0.25, 0.3) is 0 Å². The minimum absolute atomic E-state index is 0.321. The molecule has 0 saturated heterocycles. The molecule has 4 aromatic rings. The van der Waals surface area contributed by atoms with E-state index in [0.717, 1.165) is 33.5 Å². The summed E-state index contributed by atoms with van der Waals surface area (Å²) in [5.41, 5.74) is 3.79. The van der Waals surface area contributed by atoms with Crippen LogP contribution in [0.5, 0.6) is 11.5 Å². The van der Waals surface area contributed by atoms with Crippen LogP contribution in [0.25, 0.3) is 23.1 Å². The van der Waals surface area contributed by atoms with Gasteiger partial charge in [-0.3, -0.25) is 0 Å². The Morgan fingerprint density at radius 2 is 1.68 bits per heavy atom. The lowest BCUT2D eigenvalue weighted by atomic mass is 10.1. The van der Waals surface area contributed by atoms with Crippen LogP contribution in [0.15, 0.2) is 84.9 Å². The van der Waals surface area contributed by atoms with Crippen LogP contribution in [0.4, 0.5) is 0 Å². The van der Waals surface area contributed by atoms with E-state index in [0.29, 0.717) is 19.0 Å². The van der Waals surface area contributed by atoms with E-state index in [1.54, 1.807) is 13.8 Å². The SMILES string of the molecule is CCOC(=O)C(C)Oc1ccccc1COc1ccc(C=Cc2ccc3ccccc3n2)cc1. The molecular formula is C29H27NO4. The van der Waals surface area contributed by atoms with Gasteiger partial charge in [0.1, 0.15) is 18.1 Å². The maximum atomic E-state index is 11.9. The Balaban J connectivity index is 1.37. The molecule has 3 aromatic carbocycles. The highest BCUT2D eigenvalue weighted by molar-refractivity contribution is 5.80. The first kappa shape index (κ1) is 23.1. The van der Waals surface area contributed by atoms with Gasteiger partial charge in [-0.15, -0.1) is 0 Å². The third kappa shape index (κ3) is 6.01. The van der Waals surface area contributed by atoms with Crippen molar-refractivity contribution in [2.75, 3.05) is 6.61 Å². The lowest BCUT2D eigenvalue weighted by molar-refractivity contribution is -0.150. The predicted octanol–water partition coefficient (Wildman–Crippen LogP) is 6.31. The first-order valence-electron chi connectivity index (χ1n) is 11.3. The molecule has 0 N–H and O–H groups in total. The highest BCUT2D eigenvalue weighted by Crippen LogP contribution is 2.23. The highest BCUT2D eigenvalue weighted by Gasteiger charge is 2.17. The molecule has 1 heterocycles. The molecule has 5 heteroatoms. The normalized spacial score (nSPS) is 11.9. The van der Waals surface area contributed by atoms with Gasteiger partial charge in [0, 0.05) is 10.9 Å². The summed E-state index contributed by atoms with van der Waals surface area (Å²) in [5.74, 6) is 0.959. The van der Waals surface area contributed by atoms with Gasteiger partial charge in [0.2, 0.25) is 0 Å². The first-order valence-corrected chi connectivity index (χ1v) is 11.3. The Labute approximate surface area is 199 Å². The summed E-state index contributed by atoms with van der Waals surface area (Å²) >= 11 is 0. The minimum atomic E-state index is -0.690. The van der Waals surface area contributed by atoms with E-state index in [-0.39, 0.29) is 5.97 Å². The number of pyridine rings is 1. The van der Waals surface area contributed by atoms with Crippen molar-refractivity contribution < 1.29 is 19.0 Å². The Kier molecular flexibility index (Phi) is 7.56. The molecule has 172 valence electrons. The van der Waals surface area contributed by atoms with E-state index in [2.05, 4.69) is 17.1 Å². The zero-order chi connectivity index (χ0) is 23.8. The molecule has 0 amide bonds. The van der Waals surface area contributed by atoms with Crippen LogP contribution in [0.2, 0.25) is 0 Å². The topological polar surface area (TPSA) is 57.7 Å². The van der Waals surface area contributed by atoms with E-state index >= 15 is 0 Å². The first-order chi connectivity index (χ1) is 16.6. The fourth-order valence-corrected chi connectivity index (χ4v) is 3.43. The molecule has 5 nitrogen and oxygen atoms in total. The van der Waals surface area contributed by atoms with Gasteiger partial charge in [0.05, 0.1) is 17.8 Å². The van der Waals surface area contributed by atoms with Crippen LogP contribution < -0.4 is 9.47 Å². The second-order valence-corrected chi connectivity index (χ2v) is 7.74. The molecule has 0 fully saturated rings. The van der Waals surface area contributed by atoms with Gasteiger partial charge < -0.3 is 14.2 Å². The number of fused-ring (bicyclic) bond motifs is 1. The van der Waals surface area contributed by atoms with Gasteiger partial charge in [0.15, 0.2) is 6.10 Å². The molecule has 34 heavy (non-hydrogen) atoms. The number of hydrogen-bond donors (Lipinski definition) is 0. The maximum absolute atomic E-state index is 11.9. The van der Waals surface area contributed by atoms with E-state index in [4.69, 9.17) is 14.2 Å². The van der Waals surface area contributed by atoms with Gasteiger partial charge in [-0.25, -0.2) is 9.78 Å². The molecular weight excluding hydrogens is 426 g/mol. The summed E-state index contributed by atoms with van der Waals surface area (Å²) < 4.78 is 16.8. The quantitative estimate of drug-likeness (QED) is 0.278. The van der Waals surface area contributed by atoms with E-state index in [1.807, 2.05) is 84.9 Å². The molecule has 1 unspecified atom stereocenters. The number of hydrogen-bond acceptors (Lipinski definition) is 5. The van der Waals surface area contributed by atoms with Crippen LogP contribution >= 0.6 is 0 Å².